The number of nitrogens with one attached hydrogen (secondary N) is 2. The van der Waals surface area contributed by atoms with Crippen LogP contribution in [0.15, 0.2) is 30.3 Å². The molecule has 4 atom stereocenters. The Morgan fingerprint density at radius 3 is 2.26 bits per heavy atom. The van der Waals surface area contributed by atoms with Crippen molar-refractivity contribution in [1.29, 1.82) is 0 Å². The van der Waals surface area contributed by atoms with Gasteiger partial charge in [-0.3, -0.25) is 9.10 Å². The van der Waals surface area contributed by atoms with Crippen molar-refractivity contribution in [1.82, 2.24) is 10.3 Å². The molecule has 1 heterocycles. The summed E-state index contributed by atoms with van der Waals surface area (Å²) in [5.74, 6) is -0.362. The highest BCUT2D eigenvalue weighted by atomic mass is 32.2. The fraction of sp³-hybridized carbons (Fsp3) is 0.600. The first kappa shape index (κ1) is 33.5. The van der Waals surface area contributed by atoms with E-state index in [9.17, 15) is 22.0 Å². The van der Waals surface area contributed by atoms with E-state index >= 15 is 0 Å². The minimum atomic E-state index is -3.70. The van der Waals surface area contributed by atoms with Crippen LogP contribution >= 0.6 is 0 Å². The molecule has 1 amide bonds. The number of aromatic nitrogens is 1. The van der Waals surface area contributed by atoms with E-state index in [-0.39, 0.29) is 29.7 Å². The second-order valence-corrected chi connectivity index (χ2v) is 14.4. The van der Waals surface area contributed by atoms with Crippen LogP contribution in [0, 0.1) is 35.3 Å². The third-order valence-electron chi connectivity index (χ3n) is 7.30. The Morgan fingerprint density at radius 2 is 1.69 bits per heavy atom. The summed E-state index contributed by atoms with van der Waals surface area (Å²) in [6.07, 6.45) is 1.09. The fourth-order valence-corrected chi connectivity index (χ4v) is 5.26. The van der Waals surface area contributed by atoms with E-state index in [0.717, 1.165) is 28.9 Å². The van der Waals surface area contributed by atoms with E-state index in [4.69, 9.17) is 9.47 Å². The van der Waals surface area contributed by atoms with Crippen molar-refractivity contribution in [3.05, 3.63) is 47.5 Å². The van der Waals surface area contributed by atoms with Gasteiger partial charge in [0.15, 0.2) is 0 Å². The Kier molecular flexibility index (Phi) is 11.5. The first-order valence-electron chi connectivity index (χ1n) is 14.4. The van der Waals surface area contributed by atoms with Crippen molar-refractivity contribution in [2.24, 2.45) is 23.7 Å². The summed E-state index contributed by atoms with van der Waals surface area (Å²) >= 11 is 0. The maximum Gasteiger partial charge on any atom is 0.251 e. The van der Waals surface area contributed by atoms with Gasteiger partial charge in [-0.25, -0.2) is 22.2 Å². The van der Waals surface area contributed by atoms with E-state index in [0.29, 0.717) is 43.3 Å². The molecule has 1 saturated carbocycles. The number of carbonyl (C=O) groups is 1. The van der Waals surface area contributed by atoms with Crippen LogP contribution in [0.25, 0.3) is 0 Å². The zero-order chi connectivity index (χ0) is 31.2. The van der Waals surface area contributed by atoms with Crippen LogP contribution in [0.4, 0.5) is 20.4 Å². The highest BCUT2D eigenvalue weighted by Crippen LogP contribution is 2.37. The van der Waals surface area contributed by atoms with Gasteiger partial charge in [-0.05, 0) is 50.2 Å². The van der Waals surface area contributed by atoms with Gasteiger partial charge in [0.25, 0.3) is 5.91 Å². The summed E-state index contributed by atoms with van der Waals surface area (Å²) in [4.78, 5) is 18.1. The van der Waals surface area contributed by atoms with Crippen LogP contribution in [-0.4, -0.2) is 64.0 Å². The molecule has 4 unspecified atom stereocenters. The predicted octanol–water partition coefficient (Wildman–Crippen LogP) is 5.09. The van der Waals surface area contributed by atoms with Crippen molar-refractivity contribution in [3.63, 3.8) is 0 Å². The van der Waals surface area contributed by atoms with Gasteiger partial charge in [-0.15, -0.1) is 0 Å². The maximum atomic E-state index is 13.7. The van der Waals surface area contributed by atoms with E-state index in [1.807, 2.05) is 20.8 Å². The van der Waals surface area contributed by atoms with Crippen molar-refractivity contribution in [2.75, 3.05) is 43.0 Å². The molecular weight excluding hydrogens is 566 g/mol. The van der Waals surface area contributed by atoms with Crippen molar-refractivity contribution < 1.29 is 31.5 Å². The van der Waals surface area contributed by atoms with Gasteiger partial charge < -0.3 is 20.1 Å². The third kappa shape index (κ3) is 9.52. The molecule has 234 valence electrons. The van der Waals surface area contributed by atoms with E-state index in [1.165, 1.54) is 13.1 Å². The third-order valence-corrected chi connectivity index (χ3v) is 9.44. The number of carbonyl (C=O) groups excluding carboxylic acids is 1. The molecule has 42 heavy (non-hydrogen) atoms. The average molecular weight is 611 g/mol. The Bertz CT molecular complexity index is 1300. The Labute approximate surface area is 248 Å². The number of ether oxygens (including phenoxy) is 2. The molecule has 1 aliphatic rings. The normalized spacial score (nSPS) is 18.1. The van der Waals surface area contributed by atoms with Crippen molar-refractivity contribution in [2.45, 2.75) is 59.3 Å². The maximum absolute atomic E-state index is 13.7. The lowest BCUT2D eigenvalue weighted by Crippen LogP contribution is -2.45. The van der Waals surface area contributed by atoms with Gasteiger partial charge in [-0.1, -0.05) is 27.7 Å². The number of halogens is 2. The first-order chi connectivity index (χ1) is 19.7. The summed E-state index contributed by atoms with van der Waals surface area (Å²) in [6.45, 7) is 12.7. The van der Waals surface area contributed by atoms with Crippen LogP contribution in [0.1, 0.15) is 58.3 Å². The number of sulfonamides is 1. The van der Waals surface area contributed by atoms with Gasteiger partial charge in [0, 0.05) is 49.9 Å². The Hall–Kier alpha value is -2.99. The number of amides is 1. The lowest BCUT2D eigenvalue weighted by atomic mass is 10.0. The summed E-state index contributed by atoms with van der Waals surface area (Å²) < 4.78 is 65.8. The quantitative estimate of drug-likeness (QED) is 0.273. The Balaban J connectivity index is 1.86. The van der Waals surface area contributed by atoms with Crippen LogP contribution in [0.3, 0.4) is 0 Å². The lowest BCUT2D eigenvalue weighted by molar-refractivity contribution is 0.0604. The van der Waals surface area contributed by atoms with Crippen LogP contribution < -0.4 is 19.7 Å². The van der Waals surface area contributed by atoms with Gasteiger partial charge in [0.1, 0.15) is 35.6 Å². The lowest BCUT2D eigenvalue weighted by Gasteiger charge is -2.26. The average Bonchev–Trinajstić information content (AvgIpc) is 3.62. The van der Waals surface area contributed by atoms with E-state index in [1.54, 1.807) is 19.9 Å². The Morgan fingerprint density at radius 1 is 1.05 bits per heavy atom. The van der Waals surface area contributed by atoms with Crippen LogP contribution in [-0.2, 0) is 14.8 Å². The molecular formula is C30H44F2N4O5S. The molecule has 2 aromatic rings. The molecule has 1 aromatic heterocycles. The summed E-state index contributed by atoms with van der Waals surface area (Å²) in [7, 11) is -2.29. The molecule has 0 spiro atoms. The molecule has 3 rings (SSSR count). The number of benzene rings is 1. The minimum absolute atomic E-state index is 0.00504. The molecule has 0 bridgehead atoms. The molecule has 9 nitrogen and oxygen atoms in total. The standard InChI is InChI=1S/C30H44F2N4O5S/c1-18(2)15-40-16-21(6)27(17-41-26-12-24(31)11-25(32)13-26)34-30(37)22-9-28(33-14-23-8-20(23)5)35-29(10-22)36(7)42(38,39)19(3)4/h9-13,18-21,23,27H,8,14-17H2,1-7H3,(H,33,35)(H,34,37). The second-order valence-electron chi connectivity index (χ2n) is 11.9. The molecule has 0 aliphatic heterocycles. The molecule has 1 aromatic carbocycles. The predicted molar refractivity (Wildman–Crippen MR) is 160 cm³/mol. The van der Waals surface area contributed by atoms with Gasteiger partial charge in [-0.2, -0.15) is 0 Å². The number of nitrogens with zero attached hydrogens (tertiary/aromatic N) is 2. The highest BCUT2D eigenvalue weighted by Gasteiger charge is 2.32. The highest BCUT2D eigenvalue weighted by molar-refractivity contribution is 7.93. The molecule has 12 heteroatoms. The van der Waals surface area contributed by atoms with E-state index in [2.05, 4.69) is 22.5 Å². The van der Waals surface area contributed by atoms with Crippen molar-refractivity contribution >= 4 is 27.6 Å². The minimum Gasteiger partial charge on any atom is -0.491 e. The number of rotatable bonds is 16. The molecule has 1 aliphatic carbocycles. The molecule has 0 radical (unpaired) electrons. The zero-order valence-electron chi connectivity index (χ0n) is 25.5. The molecule has 0 saturated heterocycles. The smallest absolute Gasteiger partial charge is 0.251 e. The topological polar surface area (TPSA) is 110 Å². The second kappa shape index (κ2) is 14.5. The van der Waals surface area contributed by atoms with Gasteiger partial charge in [0.05, 0.1) is 17.9 Å². The monoisotopic (exact) mass is 610 g/mol. The molecule has 2 N–H and O–H groups in total. The first-order valence-corrected chi connectivity index (χ1v) is 15.9. The van der Waals surface area contributed by atoms with Crippen LogP contribution in [0.2, 0.25) is 0 Å². The number of hydrogen-bond acceptors (Lipinski definition) is 7. The van der Waals surface area contributed by atoms with Gasteiger partial charge in [0.2, 0.25) is 10.0 Å². The summed E-state index contributed by atoms with van der Waals surface area (Å²) in [5, 5.41) is 5.52. The van der Waals surface area contributed by atoms with Gasteiger partial charge >= 0.3 is 0 Å². The fourth-order valence-electron chi connectivity index (χ4n) is 4.27. The van der Waals surface area contributed by atoms with E-state index < -0.39 is 38.9 Å². The van der Waals surface area contributed by atoms with Crippen molar-refractivity contribution in [3.8, 4) is 5.75 Å². The summed E-state index contributed by atoms with van der Waals surface area (Å²) in [5.41, 5.74) is 0.203. The number of pyridine rings is 1. The zero-order valence-corrected chi connectivity index (χ0v) is 26.3. The summed E-state index contributed by atoms with van der Waals surface area (Å²) in [6, 6.07) is 5.30. The number of anilines is 2. The molecule has 1 fully saturated rings. The SMILES string of the molecule is CC(C)COCC(C)C(COc1cc(F)cc(F)c1)NC(=O)c1cc(NCC2CC2C)nc(N(C)S(=O)(=O)C(C)C)c1. The number of hydrogen-bond donors (Lipinski definition) is 2. The van der Waals surface area contributed by atoms with Crippen LogP contribution in [0.5, 0.6) is 5.75 Å². The largest absolute Gasteiger partial charge is 0.491 e.